The molecule has 1 saturated carbocycles. The van der Waals surface area contributed by atoms with Gasteiger partial charge in [0.15, 0.2) is 0 Å². The summed E-state index contributed by atoms with van der Waals surface area (Å²) in [5.74, 6) is -0.949. The summed E-state index contributed by atoms with van der Waals surface area (Å²) in [6.45, 7) is 4.30. The summed E-state index contributed by atoms with van der Waals surface area (Å²) >= 11 is 0. The molecule has 2 aliphatic rings. The second kappa shape index (κ2) is 4.94. The van der Waals surface area contributed by atoms with E-state index >= 15 is 0 Å². The third-order valence-corrected chi connectivity index (χ3v) is 4.12. The van der Waals surface area contributed by atoms with Gasteiger partial charge in [-0.15, -0.1) is 6.58 Å². The van der Waals surface area contributed by atoms with Crippen molar-refractivity contribution < 1.29 is 18.0 Å². The van der Waals surface area contributed by atoms with E-state index in [0.717, 1.165) is 0 Å². The molecule has 18 heavy (non-hydrogen) atoms. The van der Waals surface area contributed by atoms with Crippen molar-refractivity contribution in [2.24, 2.45) is 11.8 Å². The monoisotopic (exact) mass is 261 g/mol. The van der Waals surface area contributed by atoms with Gasteiger partial charge in [0.25, 0.3) is 0 Å². The highest BCUT2D eigenvalue weighted by Gasteiger charge is 2.43. The smallest absolute Gasteiger partial charge is 0.339 e. The predicted molar refractivity (Wildman–Crippen MR) is 61.8 cm³/mol. The molecule has 2 nitrogen and oxygen atoms in total. The summed E-state index contributed by atoms with van der Waals surface area (Å²) in [5, 5.41) is 0. The Kier molecular flexibility index (Phi) is 3.69. The van der Waals surface area contributed by atoms with E-state index in [4.69, 9.17) is 0 Å². The molecule has 1 aliphatic heterocycles. The Balaban J connectivity index is 1.90. The fraction of sp³-hybridized carbons (Fsp3) is 0.769. The molecule has 0 bridgehead atoms. The highest BCUT2D eigenvalue weighted by atomic mass is 19.4. The second-order valence-corrected chi connectivity index (χ2v) is 5.29. The number of alkyl halides is 3. The molecular weight excluding hydrogens is 243 g/mol. The molecule has 2 rings (SSSR count). The van der Waals surface area contributed by atoms with Crippen molar-refractivity contribution in [2.45, 2.75) is 44.3 Å². The average Bonchev–Trinajstić information content (AvgIpc) is 2.70. The van der Waals surface area contributed by atoms with Crippen molar-refractivity contribution in [3.8, 4) is 0 Å². The number of amides is 1. The zero-order valence-electron chi connectivity index (χ0n) is 10.2. The van der Waals surface area contributed by atoms with Crippen LogP contribution in [0.15, 0.2) is 12.7 Å². The molecule has 1 amide bonds. The summed E-state index contributed by atoms with van der Waals surface area (Å²) in [6.07, 6.45) is -0.613. The Morgan fingerprint density at radius 3 is 2.28 bits per heavy atom. The van der Waals surface area contributed by atoms with Crippen molar-refractivity contribution in [1.82, 2.24) is 4.90 Å². The van der Waals surface area contributed by atoms with Crippen LogP contribution in [0.3, 0.4) is 0 Å². The van der Waals surface area contributed by atoms with E-state index < -0.39 is 12.1 Å². The Hall–Kier alpha value is -1.00. The third-order valence-electron chi connectivity index (χ3n) is 4.12. The van der Waals surface area contributed by atoms with Crippen LogP contribution in [0.4, 0.5) is 13.2 Å². The molecule has 0 aromatic heterocycles. The molecule has 0 radical (unpaired) electrons. The molecule has 2 fully saturated rings. The average molecular weight is 261 g/mol. The lowest BCUT2D eigenvalue weighted by atomic mass is 9.85. The van der Waals surface area contributed by atoms with Crippen LogP contribution in [-0.4, -0.2) is 29.6 Å². The minimum Gasteiger partial charge on any atom is -0.339 e. The van der Waals surface area contributed by atoms with E-state index in [1.807, 2.05) is 0 Å². The van der Waals surface area contributed by atoms with Gasteiger partial charge in [-0.2, -0.15) is 13.2 Å². The maximum Gasteiger partial charge on any atom is 0.391 e. The number of nitrogens with zero attached hydrogens (tertiary/aromatic N) is 1. The normalized spacial score (nSPS) is 33.8. The molecule has 0 N–H and O–H groups in total. The van der Waals surface area contributed by atoms with E-state index in [9.17, 15) is 18.0 Å². The minimum atomic E-state index is -4.08. The van der Waals surface area contributed by atoms with Crippen LogP contribution in [0.1, 0.15) is 32.1 Å². The lowest BCUT2D eigenvalue weighted by molar-refractivity contribution is -0.184. The second-order valence-electron chi connectivity index (χ2n) is 5.29. The number of carbonyl (C=O) groups is 1. The topological polar surface area (TPSA) is 20.3 Å². The summed E-state index contributed by atoms with van der Waals surface area (Å²) in [7, 11) is 0. The van der Waals surface area contributed by atoms with Gasteiger partial charge >= 0.3 is 6.18 Å². The van der Waals surface area contributed by atoms with Crippen LogP contribution in [-0.2, 0) is 4.79 Å². The minimum absolute atomic E-state index is 0.000972. The number of rotatable bonds is 2. The first kappa shape index (κ1) is 13.4. The van der Waals surface area contributed by atoms with Crippen molar-refractivity contribution in [3.63, 3.8) is 0 Å². The summed E-state index contributed by atoms with van der Waals surface area (Å²) < 4.78 is 37.6. The SMILES string of the molecule is C=CC1CC(=O)N(C2CCC(C(F)(F)F)CC2)C1. The number of carbonyl (C=O) groups excluding carboxylic acids is 1. The summed E-state index contributed by atoms with van der Waals surface area (Å²) in [5.41, 5.74) is 0. The van der Waals surface area contributed by atoms with Crippen molar-refractivity contribution >= 4 is 5.91 Å². The quantitative estimate of drug-likeness (QED) is 0.699. The first-order valence-corrected chi connectivity index (χ1v) is 6.40. The molecule has 1 heterocycles. The predicted octanol–water partition coefficient (Wildman–Crippen LogP) is 3.14. The maximum absolute atomic E-state index is 12.5. The first-order chi connectivity index (χ1) is 8.41. The van der Waals surface area contributed by atoms with Crippen molar-refractivity contribution in [2.75, 3.05) is 6.54 Å². The molecule has 1 unspecified atom stereocenters. The molecule has 1 saturated heterocycles. The largest absolute Gasteiger partial charge is 0.391 e. The molecule has 0 aromatic carbocycles. The van der Waals surface area contributed by atoms with E-state index in [-0.39, 0.29) is 30.7 Å². The zero-order valence-corrected chi connectivity index (χ0v) is 10.2. The molecule has 5 heteroatoms. The van der Waals surface area contributed by atoms with E-state index in [1.54, 1.807) is 11.0 Å². The van der Waals surface area contributed by atoms with Gasteiger partial charge in [0.1, 0.15) is 0 Å². The number of likely N-dealkylation sites (tertiary alicyclic amines) is 1. The van der Waals surface area contributed by atoms with Crippen LogP contribution < -0.4 is 0 Å². The third kappa shape index (κ3) is 2.70. The van der Waals surface area contributed by atoms with Crippen molar-refractivity contribution in [1.29, 1.82) is 0 Å². The lowest BCUT2D eigenvalue weighted by Crippen LogP contribution is -2.41. The van der Waals surface area contributed by atoms with E-state index in [1.165, 1.54) is 0 Å². The van der Waals surface area contributed by atoms with Crippen molar-refractivity contribution in [3.05, 3.63) is 12.7 Å². The van der Waals surface area contributed by atoms with Crippen LogP contribution in [0, 0.1) is 11.8 Å². The van der Waals surface area contributed by atoms with E-state index in [2.05, 4.69) is 6.58 Å². The Morgan fingerprint density at radius 1 is 1.22 bits per heavy atom. The zero-order chi connectivity index (χ0) is 13.3. The molecule has 102 valence electrons. The van der Waals surface area contributed by atoms with Crippen LogP contribution in [0.25, 0.3) is 0 Å². The maximum atomic E-state index is 12.5. The summed E-state index contributed by atoms with van der Waals surface area (Å²) in [4.78, 5) is 13.5. The number of halogens is 3. The number of hydrogen-bond acceptors (Lipinski definition) is 1. The van der Waals surface area contributed by atoms with E-state index in [0.29, 0.717) is 25.8 Å². The fourth-order valence-corrected chi connectivity index (χ4v) is 2.99. The van der Waals surface area contributed by atoms with Gasteiger partial charge in [-0.05, 0) is 25.7 Å². The van der Waals surface area contributed by atoms with Gasteiger partial charge < -0.3 is 4.90 Å². The first-order valence-electron chi connectivity index (χ1n) is 6.40. The Bertz CT molecular complexity index is 332. The van der Waals surface area contributed by atoms with Crippen LogP contribution >= 0.6 is 0 Å². The molecular formula is C13H18F3NO. The molecule has 0 spiro atoms. The fourth-order valence-electron chi connectivity index (χ4n) is 2.99. The molecule has 0 aromatic rings. The van der Waals surface area contributed by atoms with Gasteiger partial charge in [0.05, 0.1) is 5.92 Å². The highest BCUT2D eigenvalue weighted by Crippen LogP contribution is 2.39. The standard InChI is InChI=1S/C13H18F3NO/c1-2-9-7-12(18)17(8-9)11-5-3-10(4-6-11)13(14,15)16/h2,9-11H,1,3-8H2. The van der Waals surface area contributed by atoms with Gasteiger partial charge in [0, 0.05) is 24.9 Å². The highest BCUT2D eigenvalue weighted by molar-refractivity contribution is 5.79. The van der Waals surface area contributed by atoms with Gasteiger partial charge in [-0.3, -0.25) is 4.79 Å². The van der Waals surface area contributed by atoms with Gasteiger partial charge in [-0.1, -0.05) is 6.08 Å². The Morgan fingerprint density at radius 2 is 1.83 bits per heavy atom. The molecule has 1 aliphatic carbocycles. The van der Waals surface area contributed by atoms with Crippen LogP contribution in [0.5, 0.6) is 0 Å². The summed E-state index contributed by atoms with van der Waals surface area (Å²) in [6, 6.07) is 0.000972. The van der Waals surface area contributed by atoms with Gasteiger partial charge in [-0.25, -0.2) is 0 Å². The van der Waals surface area contributed by atoms with Crippen LogP contribution in [0.2, 0.25) is 0 Å². The van der Waals surface area contributed by atoms with Gasteiger partial charge in [0.2, 0.25) is 5.91 Å². The Labute approximate surface area is 105 Å². The molecule has 1 atom stereocenters. The number of hydrogen-bond donors (Lipinski definition) is 0. The lowest BCUT2D eigenvalue weighted by Gasteiger charge is -2.35.